The smallest absolute Gasteiger partial charge is 0.226 e. The van der Waals surface area contributed by atoms with Gasteiger partial charge in [-0.3, -0.25) is 9.59 Å². The highest BCUT2D eigenvalue weighted by molar-refractivity contribution is 5.78. The van der Waals surface area contributed by atoms with Crippen LogP contribution < -0.4 is 5.32 Å². The Balaban J connectivity index is 1.47. The zero-order valence-electron chi connectivity index (χ0n) is 18.0. The Kier molecular flexibility index (Phi) is 7.86. The number of benzene rings is 1. The van der Waals surface area contributed by atoms with Crippen molar-refractivity contribution in [1.29, 1.82) is 0 Å². The van der Waals surface area contributed by atoms with Crippen LogP contribution in [0.3, 0.4) is 0 Å². The summed E-state index contributed by atoms with van der Waals surface area (Å²) >= 11 is 0. The van der Waals surface area contributed by atoms with E-state index < -0.39 is 5.60 Å². The van der Waals surface area contributed by atoms with Crippen LogP contribution in [0.1, 0.15) is 50.2 Å². The lowest BCUT2D eigenvalue weighted by atomic mass is 9.93. The molecule has 166 valence electrons. The van der Waals surface area contributed by atoms with Gasteiger partial charge in [0.05, 0.1) is 18.6 Å². The number of β-amino-alcohol motifs (C(OH)–C–C–N with tert-alkyl or cyclic N) is 1. The van der Waals surface area contributed by atoms with Gasteiger partial charge < -0.3 is 25.3 Å². The highest BCUT2D eigenvalue weighted by Gasteiger charge is 2.34. The van der Waals surface area contributed by atoms with Crippen LogP contribution in [0, 0.1) is 0 Å². The predicted molar refractivity (Wildman–Crippen MR) is 115 cm³/mol. The fourth-order valence-electron chi connectivity index (χ4n) is 4.57. The van der Waals surface area contributed by atoms with Crippen LogP contribution in [0.25, 0.3) is 0 Å². The maximum Gasteiger partial charge on any atom is 0.226 e. The summed E-state index contributed by atoms with van der Waals surface area (Å²) in [6.07, 6.45) is 4.26. The van der Waals surface area contributed by atoms with Crippen molar-refractivity contribution in [3.05, 3.63) is 35.4 Å². The van der Waals surface area contributed by atoms with Crippen LogP contribution in [0.4, 0.5) is 0 Å². The van der Waals surface area contributed by atoms with Gasteiger partial charge in [0, 0.05) is 45.7 Å². The zero-order chi connectivity index (χ0) is 21.6. The minimum atomic E-state index is -0.765. The van der Waals surface area contributed by atoms with E-state index in [2.05, 4.69) is 10.2 Å². The van der Waals surface area contributed by atoms with E-state index in [-0.39, 0.29) is 24.5 Å². The van der Waals surface area contributed by atoms with Gasteiger partial charge in [-0.05, 0) is 43.2 Å². The molecule has 2 fully saturated rings. The third-order valence-corrected chi connectivity index (χ3v) is 6.34. The van der Waals surface area contributed by atoms with Gasteiger partial charge >= 0.3 is 0 Å². The summed E-state index contributed by atoms with van der Waals surface area (Å²) in [6, 6.07) is 7.71. The van der Waals surface area contributed by atoms with E-state index in [9.17, 15) is 14.7 Å². The van der Waals surface area contributed by atoms with Crippen molar-refractivity contribution in [1.82, 2.24) is 15.1 Å². The first-order valence-electron chi connectivity index (χ1n) is 11.1. The number of aliphatic hydroxyl groups excluding tert-OH is 1. The summed E-state index contributed by atoms with van der Waals surface area (Å²) in [7, 11) is 0. The molecular formula is C23H35N3O4. The highest BCUT2D eigenvalue weighted by Crippen LogP contribution is 2.25. The van der Waals surface area contributed by atoms with Crippen LogP contribution in [0.15, 0.2) is 24.3 Å². The van der Waals surface area contributed by atoms with Crippen molar-refractivity contribution in [2.45, 2.75) is 63.7 Å². The van der Waals surface area contributed by atoms with Crippen LogP contribution in [-0.2, 0) is 22.6 Å². The lowest BCUT2D eigenvalue weighted by molar-refractivity contribution is -0.130. The minimum absolute atomic E-state index is 0.00382. The number of hydrogen-bond acceptors (Lipinski definition) is 5. The summed E-state index contributed by atoms with van der Waals surface area (Å²) < 4.78 is 0. The number of amides is 2. The maximum atomic E-state index is 12.7. The van der Waals surface area contributed by atoms with Crippen molar-refractivity contribution in [2.75, 3.05) is 32.7 Å². The average molecular weight is 418 g/mol. The summed E-state index contributed by atoms with van der Waals surface area (Å²) in [5.74, 6) is 0.108. The van der Waals surface area contributed by atoms with E-state index in [4.69, 9.17) is 5.11 Å². The van der Waals surface area contributed by atoms with Gasteiger partial charge in [0.1, 0.15) is 0 Å². The molecule has 2 heterocycles. The minimum Gasteiger partial charge on any atom is -0.392 e. The second kappa shape index (κ2) is 10.4. The number of nitrogens with one attached hydrogen (secondary N) is 1. The second-order valence-corrected chi connectivity index (χ2v) is 8.86. The number of rotatable bonds is 6. The maximum absolute atomic E-state index is 12.7. The normalized spacial score (nSPS) is 23.8. The van der Waals surface area contributed by atoms with Crippen molar-refractivity contribution in [3.63, 3.8) is 0 Å². The standard InChI is InChI=1S/C23H35N3O4/c1-18(28)24-21-7-12-25(13-8-21)17-23(30)9-2-11-26(14-10-23)22(29)15-19-3-5-20(16-27)6-4-19/h3-6,21,27,30H,2,7-17H2,1H3,(H,24,28)/t23-/m1/s1. The van der Waals surface area contributed by atoms with Gasteiger partial charge in [0.15, 0.2) is 0 Å². The fraction of sp³-hybridized carbons (Fsp3) is 0.652. The molecule has 1 atom stereocenters. The van der Waals surface area contributed by atoms with E-state index in [1.54, 1.807) is 6.92 Å². The first-order valence-corrected chi connectivity index (χ1v) is 11.1. The number of nitrogens with zero attached hydrogens (tertiary/aromatic N) is 2. The largest absolute Gasteiger partial charge is 0.392 e. The lowest BCUT2D eigenvalue weighted by Gasteiger charge is -2.38. The third kappa shape index (κ3) is 6.52. The first kappa shape index (κ1) is 22.7. The average Bonchev–Trinajstić information content (AvgIpc) is 2.91. The Morgan fingerprint density at radius 2 is 1.73 bits per heavy atom. The number of likely N-dealkylation sites (tertiary alicyclic amines) is 2. The molecule has 2 aliphatic heterocycles. The van der Waals surface area contributed by atoms with E-state index in [0.717, 1.165) is 43.5 Å². The molecule has 0 radical (unpaired) electrons. The number of carbonyl (C=O) groups is 2. The van der Waals surface area contributed by atoms with E-state index >= 15 is 0 Å². The summed E-state index contributed by atoms with van der Waals surface area (Å²) in [5, 5.41) is 23.3. The third-order valence-electron chi connectivity index (χ3n) is 6.34. The Morgan fingerprint density at radius 3 is 2.37 bits per heavy atom. The summed E-state index contributed by atoms with van der Waals surface area (Å²) in [4.78, 5) is 28.1. The molecule has 0 saturated carbocycles. The Labute approximate surface area is 179 Å². The van der Waals surface area contributed by atoms with Crippen LogP contribution in [0.2, 0.25) is 0 Å². The summed E-state index contributed by atoms with van der Waals surface area (Å²) in [6.45, 7) is 5.19. The molecule has 0 spiro atoms. The van der Waals surface area contributed by atoms with Crippen molar-refractivity contribution >= 4 is 11.8 Å². The molecule has 30 heavy (non-hydrogen) atoms. The Bertz CT molecular complexity index is 716. The molecule has 0 aromatic heterocycles. The number of hydrogen-bond donors (Lipinski definition) is 3. The second-order valence-electron chi connectivity index (χ2n) is 8.86. The molecule has 3 rings (SSSR count). The van der Waals surface area contributed by atoms with Gasteiger partial charge in [-0.25, -0.2) is 0 Å². The number of carbonyl (C=O) groups excluding carboxylic acids is 2. The van der Waals surface area contributed by atoms with Gasteiger partial charge in [0.2, 0.25) is 11.8 Å². The van der Waals surface area contributed by atoms with Crippen LogP contribution in [0.5, 0.6) is 0 Å². The van der Waals surface area contributed by atoms with Crippen molar-refractivity contribution in [3.8, 4) is 0 Å². The predicted octanol–water partition coefficient (Wildman–Crippen LogP) is 1.07. The van der Waals surface area contributed by atoms with Gasteiger partial charge in [-0.1, -0.05) is 24.3 Å². The molecule has 0 unspecified atom stereocenters. The van der Waals surface area contributed by atoms with Crippen LogP contribution >= 0.6 is 0 Å². The van der Waals surface area contributed by atoms with Gasteiger partial charge in [0.25, 0.3) is 0 Å². The Hall–Kier alpha value is -1.96. The highest BCUT2D eigenvalue weighted by atomic mass is 16.3. The van der Waals surface area contributed by atoms with Gasteiger partial charge in [-0.2, -0.15) is 0 Å². The molecule has 7 heteroatoms. The first-order chi connectivity index (χ1) is 14.4. The topological polar surface area (TPSA) is 93.1 Å². The van der Waals surface area contributed by atoms with E-state index in [1.165, 1.54) is 0 Å². The molecule has 0 bridgehead atoms. The molecule has 0 aliphatic carbocycles. The summed E-state index contributed by atoms with van der Waals surface area (Å²) in [5.41, 5.74) is 1.02. The molecular weight excluding hydrogens is 382 g/mol. The van der Waals surface area contributed by atoms with E-state index in [0.29, 0.717) is 38.9 Å². The van der Waals surface area contributed by atoms with Gasteiger partial charge in [-0.15, -0.1) is 0 Å². The molecule has 3 N–H and O–H groups in total. The monoisotopic (exact) mass is 417 g/mol. The lowest BCUT2D eigenvalue weighted by Crippen LogP contribution is -2.50. The number of aliphatic hydroxyl groups is 2. The van der Waals surface area contributed by atoms with E-state index in [1.807, 2.05) is 29.2 Å². The van der Waals surface area contributed by atoms with Crippen molar-refractivity contribution < 1.29 is 19.8 Å². The Morgan fingerprint density at radius 1 is 1.07 bits per heavy atom. The van der Waals surface area contributed by atoms with Crippen LogP contribution in [-0.4, -0.2) is 76.2 Å². The molecule has 2 saturated heterocycles. The molecule has 7 nitrogen and oxygen atoms in total. The molecule has 1 aromatic rings. The molecule has 2 amide bonds. The van der Waals surface area contributed by atoms with Crippen molar-refractivity contribution in [2.24, 2.45) is 0 Å². The quantitative estimate of drug-likeness (QED) is 0.644. The SMILES string of the molecule is CC(=O)NC1CCN(C[C@@]2(O)CCCN(C(=O)Cc3ccc(CO)cc3)CC2)CC1. The zero-order valence-corrected chi connectivity index (χ0v) is 18.0. The fourth-order valence-corrected chi connectivity index (χ4v) is 4.57. The molecule has 2 aliphatic rings. The molecule has 1 aromatic carbocycles. The number of piperidine rings is 1.